The fraction of sp³-hybridized carbons (Fsp3) is 0.286. The Bertz CT molecular complexity index is 555. The Morgan fingerprint density at radius 1 is 1.37 bits per heavy atom. The minimum atomic E-state index is -0.147. The molecule has 0 aliphatic heterocycles. The summed E-state index contributed by atoms with van der Waals surface area (Å²) in [4.78, 5) is 18.5. The summed E-state index contributed by atoms with van der Waals surface area (Å²) in [7, 11) is 1.82. The number of aromatic nitrogens is 1. The van der Waals surface area contributed by atoms with Gasteiger partial charge in [-0.2, -0.15) is 0 Å². The van der Waals surface area contributed by atoms with Crippen LogP contribution in [-0.4, -0.2) is 17.9 Å². The van der Waals surface area contributed by atoms with Crippen molar-refractivity contribution in [3.05, 3.63) is 45.4 Å². The van der Waals surface area contributed by atoms with Crippen LogP contribution in [0.5, 0.6) is 0 Å². The van der Waals surface area contributed by atoms with Crippen molar-refractivity contribution in [3.63, 3.8) is 0 Å². The number of hydrogen-bond acceptors (Lipinski definition) is 4. The van der Waals surface area contributed by atoms with Gasteiger partial charge >= 0.3 is 0 Å². The Morgan fingerprint density at radius 2 is 2.16 bits per heavy atom. The van der Waals surface area contributed by atoms with E-state index >= 15 is 0 Å². The fourth-order valence-electron chi connectivity index (χ4n) is 1.67. The van der Waals surface area contributed by atoms with Crippen LogP contribution < -0.4 is 10.6 Å². The summed E-state index contributed by atoms with van der Waals surface area (Å²) >= 11 is 1.71. The Balaban J connectivity index is 1.96. The normalized spacial score (nSPS) is 10.3. The van der Waals surface area contributed by atoms with Gasteiger partial charge < -0.3 is 10.6 Å². The second-order valence-electron chi connectivity index (χ2n) is 4.32. The average Bonchev–Trinajstić information content (AvgIpc) is 2.75. The molecule has 100 valence electrons. The SMILES string of the molecule is CNc1ccc(C(=O)NCc2cc(C)c(C)s2)nc1. The monoisotopic (exact) mass is 275 g/mol. The first-order valence-corrected chi connectivity index (χ1v) is 6.89. The van der Waals surface area contributed by atoms with Crippen molar-refractivity contribution in [3.8, 4) is 0 Å². The number of pyridine rings is 1. The van der Waals surface area contributed by atoms with Gasteiger partial charge in [0.2, 0.25) is 0 Å². The molecule has 0 fully saturated rings. The number of hydrogen-bond donors (Lipinski definition) is 2. The van der Waals surface area contributed by atoms with E-state index in [2.05, 4.69) is 35.5 Å². The third kappa shape index (κ3) is 3.32. The highest BCUT2D eigenvalue weighted by Gasteiger charge is 2.08. The molecule has 2 rings (SSSR count). The maximum Gasteiger partial charge on any atom is 0.270 e. The van der Waals surface area contributed by atoms with Gasteiger partial charge in [-0.1, -0.05) is 0 Å². The van der Waals surface area contributed by atoms with E-state index in [9.17, 15) is 4.79 Å². The predicted octanol–water partition coefficient (Wildman–Crippen LogP) is 2.73. The topological polar surface area (TPSA) is 54.0 Å². The molecule has 0 spiro atoms. The van der Waals surface area contributed by atoms with Crippen LogP contribution in [-0.2, 0) is 6.54 Å². The Morgan fingerprint density at radius 3 is 2.68 bits per heavy atom. The van der Waals surface area contributed by atoms with Crippen LogP contribution >= 0.6 is 11.3 Å². The van der Waals surface area contributed by atoms with Gasteiger partial charge in [0, 0.05) is 16.8 Å². The molecule has 0 unspecified atom stereocenters. The highest BCUT2D eigenvalue weighted by Crippen LogP contribution is 2.20. The number of carbonyl (C=O) groups excluding carboxylic acids is 1. The molecule has 0 atom stereocenters. The van der Waals surface area contributed by atoms with Crippen LogP contribution in [0.25, 0.3) is 0 Å². The summed E-state index contributed by atoms with van der Waals surface area (Å²) in [5, 5.41) is 5.85. The van der Waals surface area contributed by atoms with Gasteiger partial charge in [0.05, 0.1) is 18.4 Å². The highest BCUT2D eigenvalue weighted by atomic mass is 32.1. The van der Waals surface area contributed by atoms with Crippen LogP contribution in [0.15, 0.2) is 24.4 Å². The summed E-state index contributed by atoms with van der Waals surface area (Å²) in [6.07, 6.45) is 1.65. The molecule has 2 aromatic heterocycles. The van der Waals surface area contributed by atoms with Gasteiger partial charge in [0.1, 0.15) is 5.69 Å². The van der Waals surface area contributed by atoms with Gasteiger partial charge in [-0.3, -0.25) is 4.79 Å². The van der Waals surface area contributed by atoms with Crippen LogP contribution in [0.4, 0.5) is 5.69 Å². The quantitative estimate of drug-likeness (QED) is 0.902. The van der Waals surface area contributed by atoms with E-state index in [1.54, 1.807) is 23.6 Å². The second-order valence-corrected chi connectivity index (χ2v) is 5.66. The number of thiophene rings is 1. The average molecular weight is 275 g/mol. The van der Waals surface area contributed by atoms with Crippen LogP contribution in [0.1, 0.15) is 25.8 Å². The van der Waals surface area contributed by atoms with E-state index < -0.39 is 0 Å². The van der Waals surface area contributed by atoms with E-state index in [-0.39, 0.29) is 5.91 Å². The van der Waals surface area contributed by atoms with Crippen LogP contribution in [0.2, 0.25) is 0 Å². The maximum atomic E-state index is 11.9. The fourth-order valence-corrected chi connectivity index (χ4v) is 2.66. The van der Waals surface area contributed by atoms with E-state index in [0.29, 0.717) is 12.2 Å². The summed E-state index contributed by atoms with van der Waals surface area (Å²) in [6.45, 7) is 4.71. The molecule has 2 aromatic rings. The molecular formula is C14H17N3OS. The maximum absolute atomic E-state index is 11.9. The highest BCUT2D eigenvalue weighted by molar-refractivity contribution is 7.12. The summed E-state index contributed by atoms with van der Waals surface area (Å²) in [6, 6.07) is 5.66. The molecule has 1 amide bonds. The summed E-state index contributed by atoms with van der Waals surface area (Å²) < 4.78 is 0. The number of amides is 1. The molecule has 0 aliphatic rings. The van der Waals surface area contributed by atoms with E-state index in [0.717, 1.165) is 10.6 Å². The number of carbonyl (C=O) groups is 1. The lowest BCUT2D eigenvalue weighted by Gasteiger charge is -2.04. The number of aryl methyl sites for hydroxylation is 2. The number of rotatable bonds is 4. The molecule has 0 bridgehead atoms. The molecule has 0 saturated heterocycles. The Kier molecular flexibility index (Phi) is 4.16. The molecule has 2 N–H and O–H groups in total. The zero-order valence-corrected chi connectivity index (χ0v) is 12.1. The van der Waals surface area contributed by atoms with E-state index in [1.807, 2.05) is 13.1 Å². The molecule has 0 aromatic carbocycles. The minimum Gasteiger partial charge on any atom is -0.387 e. The lowest BCUT2D eigenvalue weighted by Crippen LogP contribution is -2.23. The molecule has 0 saturated carbocycles. The number of nitrogens with one attached hydrogen (secondary N) is 2. The van der Waals surface area contributed by atoms with E-state index in [1.165, 1.54) is 10.4 Å². The summed E-state index contributed by atoms with van der Waals surface area (Å²) in [5.41, 5.74) is 2.59. The smallest absolute Gasteiger partial charge is 0.270 e. The van der Waals surface area contributed by atoms with Gasteiger partial charge in [0.25, 0.3) is 5.91 Å². The lowest BCUT2D eigenvalue weighted by atomic mass is 10.3. The molecule has 5 heteroatoms. The Labute approximate surface area is 116 Å². The van der Waals surface area contributed by atoms with Crippen molar-refractivity contribution >= 4 is 22.9 Å². The molecule has 0 radical (unpaired) electrons. The first kappa shape index (κ1) is 13.5. The standard InChI is InChI=1S/C14H17N3OS/c1-9-6-12(19-10(9)2)8-17-14(18)13-5-4-11(15-3)7-16-13/h4-7,15H,8H2,1-3H3,(H,17,18). The van der Waals surface area contributed by atoms with Crippen molar-refractivity contribution < 1.29 is 4.79 Å². The van der Waals surface area contributed by atoms with Crippen molar-refractivity contribution in [2.45, 2.75) is 20.4 Å². The molecule has 19 heavy (non-hydrogen) atoms. The summed E-state index contributed by atoms with van der Waals surface area (Å²) in [5.74, 6) is -0.147. The molecular weight excluding hydrogens is 258 g/mol. The number of anilines is 1. The second kappa shape index (κ2) is 5.84. The zero-order chi connectivity index (χ0) is 13.8. The van der Waals surface area contributed by atoms with Crippen LogP contribution in [0, 0.1) is 13.8 Å². The number of nitrogens with zero attached hydrogens (tertiary/aromatic N) is 1. The third-order valence-corrected chi connectivity index (χ3v) is 4.08. The first-order chi connectivity index (χ1) is 9.10. The van der Waals surface area contributed by atoms with Crippen molar-refractivity contribution in [2.75, 3.05) is 12.4 Å². The Hall–Kier alpha value is -1.88. The van der Waals surface area contributed by atoms with Gasteiger partial charge in [0.15, 0.2) is 0 Å². The third-order valence-electron chi connectivity index (χ3n) is 2.92. The van der Waals surface area contributed by atoms with Gasteiger partial charge in [-0.25, -0.2) is 4.98 Å². The molecule has 2 heterocycles. The van der Waals surface area contributed by atoms with Gasteiger partial charge in [-0.05, 0) is 37.6 Å². The first-order valence-electron chi connectivity index (χ1n) is 6.08. The van der Waals surface area contributed by atoms with E-state index in [4.69, 9.17) is 0 Å². The van der Waals surface area contributed by atoms with Crippen LogP contribution in [0.3, 0.4) is 0 Å². The van der Waals surface area contributed by atoms with Gasteiger partial charge in [-0.15, -0.1) is 11.3 Å². The predicted molar refractivity (Wildman–Crippen MR) is 78.7 cm³/mol. The van der Waals surface area contributed by atoms with Crippen molar-refractivity contribution in [2.24, 2.45) is 0 Å². The molecule has 4 nitrogen and oxygen atoms in total. The molecule has 0 aliphatic carbocycles. The van der Waals surface area contributed by atoms with Crippen molar-refractivity contribution in [1.29, 1.82) is 0 Å². The lowest BCUT2D eigenvalue weighted by molar-refractivity contribution is 0.0946. The minimum absolute atomic E-state index is 0.147. The largest absolute Gasteiger partial charge is 0.387 e. The van der Waals surface area contributed by atoms with Crippen molar-refractivity contribution in [1.82, 2.24) is 10.3 Å². The zero-order valence-electron chi connectivity index (χ0n) is 11.3.